The van der Waals surface area contributed by atoms with Crippen LogP contribution in [0.15, 0.2) is 46.9 Å². The summed E-state index contributed by atoms with van der Waals surface area (Å²) in [5, 5.41) is 2.62. The first-order valence-corrected chi connectivity index (χ1v) is 6.30. The van der Waals surface area contributed by atoms with Crippen molar-refractivity contribution in [3.05, 3.63) is 58.3 Å². The van der Waals surface area contributed by atoms with Gasteiger partial charge in [0.15, 0.2) is 0 Å². The molecule has 0 aliphatic rings. The molecular formula is C14H11BrFNO2. The molecule has 2 rings (SSSR count). The topological polar surface area (TPSA) is 38.3 Å². The van der Waals surface area contributed by atoms with Gasteiger partial charge in [-0.25, -0.2) is 4.39 Å². The molecule has 98 valence electrons. The van der Waals surface area contributed by atoms with Gasteiger partial charge in [-0.05, 0) is 58.4 Å². The van der Waals surface area contributed by atoms with Gasteiger partial charge in [0, 0.05) is 11.3 Å². The van der Waals surface area contributed by atoms with Crippen molar-refractivity contribution in [2.75, 3.05) is 12.4 Å². The lowest BCUT2D eigenvalue weighted by atomic mass is 10.2. The quantitative estimate of drug-likeness (QED) is 0.931. The Morgan fingerprint density at radius 1 is 1.21 bits per heavy atom. The van der Waals surface area contributed by atoms with Crippen LogP contribution in [-0.4, -0.2) is 13.0 Å². The van der Waals surface area contributed by atoms with E-state index in [2.05, 4.69) is 21.2 Å². The van der Waals surface area contributed by atoms with Crippen LogP contribution in [-0.2, 0) is 0 Å². The average Bonchev–Trinajstić information content (AvgIpc) is 2.43. The number of amides is 1. The molecule has 0 aliphatic heterocycles. The molecule has 0 bridgehead atoms. The van der Waals surface area contributed by atoms with Gasteiger partial charge in [-0.15, -0.1) is 0 Å². The Hall–Kier alpha value is -1.88. The van der Waals surface area contributed by atoms with Crippen molar-refractivity contribution in [2.24, 2.45) is 0 Å². The predicted molar refractivity (Wildman–Crippen MR) is 75.0 cm³/mol. The van der Waals surface area contributed by atoms with Crippen molar-refractivity contribution in [3.63, 3.8) is 0 Å². The van der Waals surface area contributed by atoms with E-state index in [0.717, 1.165) is 0 Å². The summed E-state index contributed by atoms with van der Waals surface area (Å²) in [7, 11) is 1.56. The van der Waals surface area contributed by atoms with Crippen LogP contribution < -0.4 is 10.1 Å². The van der Waals surface area contributed by atoms with Crippen molar-refractivity contribution in [1.29, 1.82) is 0 Å². The number of hydrogen-bond donors (Lipinski definition) is 1. The van der Waals surface area contributed by atoms with Gasteiger partial charge in [-0.3, -0.25) is 4.79 Å². The van der Waals surface area contributed by atoms with Gasteiger partial charge in [-0.1, -0.05) is 0 Å². The van der Waals surface area contributed by atoms with E-state index in [4.69, 9.17) is 4.74 Å². The van der Waals surface area contributed by atoms with Gasteiger partial charge in [0.25, 0.3) is 5.91 Å². The number of benzene rings is 2. The van der Waals surface area contributed by atoms with Crippen LogP contribution in [0.4, 0.5) is 10.1 Å². The standard InChI is InChI=1S/C14H11BrFNO2/c1-19-11-5-2-9(3-6-11)14(18)17-10-4-7-12(15)13(16)8-10/h2-8H,1H3,(H,17,18). The highest BCUT2D eigenvalue weighted by molar-refractivity contribution is 9.10. The second-order valence-corrected chi connectivity index (χ2v) is 4.67. The van der Waals surface area contributed by atoms with Crippen molar-refractivity contribution in [3.8, 4) is 5.75 Å². The summed E-state index contributed by atoms with van der Waals surface area (Å²) in [5.41, 5.74) is 0.880. The summed E-state index contributed by atoms with van der Waals surface area (Å²) in [6.45, 7) is 0. The maximum atomic E-state index is 13.3. The number of methoxy groups -OCH3 is 1. The molecular weight excluding hydrogens is 313 g/mol. The minimum Gasteiger partial charge on any atom is -0.497 e. The maximum Gasteiger partial charge on any atom is 0.255 e. The number of hydrogen-bond acceptors (Lipinski definition) is 2. The number of rotatable bonds is 3. The molecule has 0 unspecified atom stereocenters. The fraction of sp³-hybridized carbons (Fsp3) is 0.0714. The van der Waals surface area contributed by atoms with E-state index < -0.39 is 5.82 Å². The first-order valence-electron chi connectivity index (χ1n) is 5.50. The van der Waals surface area contributed by atoms with Crippen LogP contribution in [0.3, 0.4) is 0 Å². The molecule has 1 N–H and O–H groups in total. The summed E-state index contributed by atoms with van der Waals surface area (Å²) in [6.07, 6.45) is 0. The molecule has 2 aromatic carbocycles. The van der Waals surface area contributed by atoms with Crippen LogP contribution in [0.25, 0.3) is 0 Å². The third-order valence-corrected chi connectivity index (χ3v) is 3.17. The highest BCUT2D eigenvalue weighted by Gasteiger charge is 2.07. The summed E-state index contributed by atoms with van der Waals surface area (Å²) in [6, 6.07) is 11.1. The Bertz CT molecular complexity index is 599. The predicted octanol–water partition coefficient (Wildman–Crippen LogP) is 3.85. The zero-order chi connectivity index (χ0) is 13.8. The number of carbonyl (C=O) groups excluding carboxylic acids is 1. The highest BCUT2D eigenvalue weighted by Crippen LogP contribution is 2.20. The Morgan fingerprint density at radius 2 is 1.89 bits per heavy atom. The molecule has 2 aromatic rings. The number of carbonyl (C=O) groups is 1. The summed E-state index contributed by atoms with van der Waals surface area (Å²) in [5.74, 6) is -0.0526. The van der Waals surface area contributed by atoms with E-state index >= 15 is 0 Å². The average molecular weight is 324 g/mol. The molecule has 0 aromatic heterocycles. The van der Waals surface area contributed by atoms with Gasteiger partial charge in [-0.2, -0.15) is 0 Å². The molecule has 0 atom stereocenters. The largest absolute Gasteiger partial charge is 0.497 e. The second-order valence-electron chi connectivity index (χ2n) is 3.81. The molecule has 1 amide bonds. The zero-order valence-corrected chi connectivity index (χ0v) is 11.7. The highest BCUT2D eigenvalue weighted by atomic mass is 79.9. The van der Waals surface area contributed by atoms with E-state index in [0.29, 0.717) is 21.5 Å². The molecule has 0 radical (unpaired) electrons. The fourth-order valence-corrected chi connectivity index (χ4v) is 1.77. The smallest absolute Gasteiger partial charge is 0.255 e. The van der Waals surface area contributed by atoms with Crippen molar-refractivity contribution >= 4 is 27.5 Å². The summed E-state index contributed by atoms with van der Waals surface area (Å²) < 4.78 is 18.7. The SMILES string of the molecule is COc1ccc(C(=O)Nc2ccc(Br)c(F)c2)cc1. The van der Waals surface area contributed by atoms with Crippen LogP contribution in [0, 0.1) is 5.82 Å². The maximum absolute atomic E-state index is 13.3. The van der Waals surface area contributed by atoms with Crippen LogP contribution >= 0.6 is 15.9 Å². The van der Waals surface area contributed by atoms with E-state index in [1.807, 2.05) is 0 Å². The molecule has 0 saturated heterocycles. The minimum atomic E-state index is -0.424. The van der Waals surface area contributed by atoms with Crippen LogP contribution in [0.1, 0.15) is 10.4 Å². The lowest BCUT2D eigenvalue weighted by molar-refractivity contribution is 0.102. The zero-order valence-electron chi connectivity index (χ0n) is 10.1. The molecule has 3 nitrogen and oxygen atoms in total. The first kappa shape index (κ1) is 13.5. The Kier molecular flexibility index (Phi) is 4.16. The number of ether oxygens (including phenoxy) is 1. The van der Waals surface area contributed by atoms with Gasteiger partial charge in [0.1, 0.15) is 11.6 Å². The van der Waals surface area contributed by atoms with Gasteiger partial charge >= 0.3 is 0 Å². The summed E-state index contributed by atoms with van der Waals surface area (Å²) >= 11 is 3.05. The normalized spacial score (nSPS) is 10.1. The van der Waals surface area contributed by atoms with Crippen molar-refractivity contribution in [2.45, 2.75) is 0 Å². The van der Waals surface area contributed by atoms with E-state index in [9.17, 15) is 9.18 Å². The minimum absolute atomic E-state index is 0.302. The molecule has 5 heteroatoms. The number of halogens is 2. The van der Waals surface area contributed by atoms with Crippen LogP contribution in [0.2, 0.25) is 0 Å². The monoisotopic (exact) mass is 323 g/mol. The third-order valence-electron chi connectivity index (χ3n) is 2.53. The molecule has 0 spiro atoms. The van der Waals surface area contributed by atoms with Crippen LogP contribution in [0.5, 0.6) is 5.75 Å². The van der Waals surface area contributed by atoms with E-state index in [-0.39, 0.29) is 5.91 Å². The second kappa shape index (κ2) is 5.84. The Labute approximate surface area is 118 Å². The van der Waals surface area contributed by atoms with Crippen molar-refractivity contribution < 1.29 is 13.9 Å². The van der Waals surface area contributed by atoms with Gasteiger partial charge in [0.2, 0.25) is 0 Å². The molecule has 0 heterocycles. The molecule has 19 heavy (non-hydrogen) atoms. The van der Waals surface area contributed by atoms with Gasteiger partial charge in [0.05, 0.1) is 11.6 Å². The Balaban J connectivity index is 2.13. The number of nitrogens with one attached hydrogen (secondary N) is 1. The lowest BCUT2D eigenvalue weighted by Crippen LogP contribution is -2.11. The van der Waals surface area contributed by atoms with E-state index in [1.54, 1.807) is 43.5 Å². The van der Waals surface area contributed by atoms with E-state index in [1.165, 1.54) is 6.07 Å². The lowest BCUT2D eigenvalue weighted by Gasteiger charge is -2.06. The number of anilines is 1. The molecule has 0 fully saturated rings. The fourth-order valence-electron chi connectivity index (χ4n) is 1.52. The Morgan fingerprint density at radius 3 is 2.47 bits per heavy atom. The first-order chi connectivity index (χ1) is 9.10. The third kappa shape index (κ3) is 3.32. The summed E-state index contributed by atoms with van der Waals surface area (Å²) in [4.78, 5) is 11.9. The van der Waals surface area contributed by atoms with Crippen molar-refractivity contribution in [1.82, 2.24) is 0 Å². The molecule has 0 aliphatic carbocycles. The van der Waals surface area contributed by atoms with Gasteiger partial charge < -0.3 is 10.1 Å². The molecule has 0 saturated carbocycles.